The minimum atomic E-state index is 0.591. The van der Waals surface area contributed by atoms with Crippen molar-refractivity contribution in [2.24, 2.45) is 0 Å². The third-order valence-corrected chi connectivity index (χ3v) is 3.68. The number of rotatable bonds is 9. The smallest absolute Gasteiger partial charge is 0.120 e. The van der Waals surface area contributed by atoms with Crippen LogP contribution in [0.3, 0.4) is 0 Å². The highest BCUT2D eigenvalue weighted by atomic mass is 79.9. The van der Waals surface area contributed by atoms with E-state index in [-0.39, 0.29) is 0 Å². The van der Waals surface area contributed by atoms with Crippen molar-refractivity contribution in [3.05, 3.63) is 60.2 Å². The number of ether oxygens (including phenoxy) is 2. The lowest BCUT2D eigenvalue weighted by Crippen LogP contribution is -1.98. The molecule has 0 atom stereocenters. The number of benzene rings is 2. The Kier molecular flexibility index (Phi) is 7.16. The van der Waals surface area contributed by atoms with Crippen molar-refractivity contribution in [2.45, 2.75) is 25.9 Å². The molecule has 0 N–H and O–H groups in total. The molecule has 21 heavy (non-hydrogen) atoms. The Morgan fingerprint density at radius 3 is 2.05 bits per heavy atom. The second-order valence-corrected chi connectivity index (χ2v) is 5.64. The van der Waals surface area contributed by atoms with Crippen LogP contribution in [0.1, 0.15) is 24.8 Å². The first-order valence-corrected chi connectivity index (χ1v) is 8.46. The average Bonchev–Trinajstić information content (AvgIpc) is 2.55. The molecule has 0 heterocycles. The molecule has 0 saturated carbocycles. The van der Waals surface area contributed by atoms with E-state index in [9.17, 15) is 0 Å². The summed E-state index contributed by atoms with van der Waals surface area (Å²) in [5.41, 5.74) is 1.17. The van der Waals surface area contributed by atoms with Crippen molar-refractivity contribution in [2.75, 3.05) is 11.9 Å². The summed E-state index contributed by atoms with van der Waals surface area (Å²) in [7, 11) is 0. The summed E-state index contributed by atoms with van der Waals surface area (Å²) in [6, 6.07) is 18.0. The third kappa shape index (κ3) is 6.21. The van der Waals surface area contributed by atoms with Crippen LogP contribution in [0.2, 0.25) is 0 Å². The maximum atomic E-state index is 5.74. The van der Waals surface area contributed by atoms with Gasteiger partial charge in [-0.25, -0.2) is 0 Å². The van der Waals surface area contributed by atoms with E-state index in [2.05, 4.69) is 28.1 Å². The van der Waals surface area contributed by atoms with E-state index in [0.29, 0.717) is 6.61 Å². The normalized spacial score (nSPS) is 10.3. The highest BCUT2D eigenvalue weighted by Gasteiger charge is 1.98. The van der Waals surface area contributed by atoms with Gasteiger partial charge in [0.2, 0.25) is 0 Å². The zero-order valence-corrected chi connectivity index (χ0v) is 13.7. The SMILES string of the molecule is BrCCCCCOc1ccc(OCc2ccccc2)cc1. The summed E-state index contributed by atoms with van der Waals surface area (Å²) in [6.45, 7) is 1.37. The first-order valence-electron chi connectivity index (χ1n) is 7.34. The van der Waals surface area contributed by atoms with E-state index in [1.165, 1.54) is 18.4 Å². The molecule has 0 fully saturated rings. The Bertz CT molecular complexity index is 496. The molecule has 3 heteroatoms. The average molecular weight is 349 g/mol. The lowest BCUT2D eigenvalue weighted by molar-refractivity contribution is 0.298. The van der Waals surface area contributed by atoms with Gasteiger partial charge in [-0.1, -0.05) is 46.3 Å². The molecule has 2 aromatic carbocycles. The van der Waals surface area contributed by atoms with Gasteiger partial charge in [0.25, 0.3) is 0 Å². The van der Waals surface area contributed by atoms with Crippen molar-refractivity contribution >= 4 is 15.9 Å². The molecule has 0 unspecified atom stereocenters. The largest absolute Gasteiger partial charge is 0.494 e. The van der Waals surface area contributed by atoms with Gasteiger partial charge in [0, 0.05) is 5.33 Å². The predicted octanol–water partition coefficient (Wildman–Crippen LogP) is 5.21. The monoisotopic (exact) mass is 348 g/mol. The first kappa shape index (κ1) is 15.9. The van der Waals surface area contributed by atoms with Gasteiger partial charge in [0.15, 0.2) is 0 Å². The van der Waals surface area contributed by atoms with Crippen LogP contribution in [0.5, 0.6) is 11.5 Å². The third-order valence-electron chi connectivity index (χ3n) is 3.12. The van der Waals surface area contributed by atoms with Gasteiger partial charge >= 0.3 is 0 Å². The van der Waals surface area contributed by atoms with Crippen LogP contribution in [0.15, 0.2) is 54.6 Å². The Balaban J connectivity index is 1.71. The lowest BCUT2D eigenvalue weighted by Gasteiger charge is -2.08. The number of alkyl halides is 1. The summed E-state index contributed by atoms with van der Waals surface area (Å²) in [5.74, 6) is 1.77. The molecule has 0 bridgehead atoms. The number of hydrogen-bond acceptors (Lipinski definition) is 2. The minimum Gasteiger partial charge on any atom is -0.494 e. The Hall–Kier alpha value is -1.48. The van der Waals surface area contributed by atoms with Gasteiger partial charge in [0.05, 0.1) is 6.61 Å². The molecule has 2 rings (SSSR count). The molecule has 2 aromatic rings. The van der Waals surface area contributed by atoms with E-state index >= 15 is 0 Å². The van der Waals surface area contributed by atoms with E-state index in [0.717, 1.165) is 29.9 Å². The van der Waals surface area contributed by atoms with Crippen LogP contribution in [0.4, 0.5) is 0 Å². The van der Waals surface area contributed by atoms with E-state index in [4.69, 9.17) is 9.47 Å². The molecule has 0 aliphatic carbocycles. The van der Waals surface area contributed by atoms with Crippen molar-refractivity contribution in [1.29, 1.82) is 0 Å². The molecule has 0 spiro atoms. The summed E-state index contributed by atoms with van der Waals surface area (Å²) < 4.78 is 11.4. The number of halogens is 1. The van der Waals surface area contributed by atoms with E-state index < -0.39 is 0 Å². The Morgan fingerprint density at radius 2 is 1.38 bits per heavy atom. The molecule has 0 saturated heterocycles. The summed E-state index contributed by atoms with van der Waals surface area (Å²) in [4.78, 5) is 0. The van der Waals surface area contributed by atoms with Gasteiger partial charge in [-0.3, -0.25) is 0 Å². The predicted molar refractivity (Wildman–Crippen MR) is 90.4 cm³/mol. The van der Waals surface area contributed by atoms with Crippen LogP contribution < -0.4 is 9.47 Å². The van der Waals surface area contributed by atoms with Crippen LogP contribution in [0, 0.1) is 0 Å². The van der Waals surface area contributed by atoms with Gasteiger partial charge in [-0.2, -0.15) is 0 Å². The molecule has 0 aromatic heterocycles. The second kappa shape index (κ2) is 9.46. The molecule has 0 aliphatic heterocycles. The zero-order chi connectivity index (χ0) is 14.8. The van der Waals surface area contributed by atoms with Crippen LogP contribution in [-0.2, 0) is 6.61 Å². The van der Waals surface area contributed by atoms with Crippen molar-refractivity contribution in [3.63, 3.8) is 0 Å². The van der Waals surface area contributed by atoms with Crippen LogP contribution in [0.25, 0.3) is 0 Å². The van der Waals surface area contributed by atoms with Gasteiger partial charge in [-0.05, 0) is 49.1 Å². The topological polar surface area (TPSA) is 18.5 Å². The van der Waals surface area contributed by atoms with Gasteiger partial charge in [0.1, 0.15) is 18.1 Å². The molecule has 0 amide bonds. The van der Waals surface area contributed by atoms with Crippen molar-refractivity contribution in [3.8, 4) is 11.5 Å². The molecule has 0 radical (unpaired) electrons. The molecular weight excluding hydrogens is 328 g/mol. The Labute approximate surface area is 135 Å². The fourth-order valence-electron chi connectivity index (χ4n) is 1.94. The molecule has 2 nitrogen and oxygen atoms in total. The van der Waals surface area contributed by atoms with E-state index in [1.807, 2.05) is 42.5 Å². The fraction of sp³-hybridized carbons (Fsp3) is 0.333. The zero-order valence-electron chi connectivity index (χ0n) is 12.1. The van der Waals surface area contributed by atoms with Crippen LogP contribution in [-0.4, -0.2) is 11.9 Å². The molecular formula is C18H21BrO2. The maximum absolute atomic E-state index is 5.74. The second-order valence-electron chi connectivity index (χ2n) is 4.84. The summed E-state index contributed by atoms with van der Waals surface area (Å²) >= 11 is 3.43. The van der Waals surface area contributed by atoms with Gasteiger partial charge in [-0.15, -0.1) is 0 Å². The first-order chi connectivity index (χ1) is 10.4. The standard InChI is InChI=1S/C18H21BrO2/c19-13-5-2-6-14-20-17-9-11-18(12-10-17)21-15-16-7-3-1-4-8-16/h1,3-4,7-12H,2,5-6,13-15H2. The summed E-state index contributed by atoms with van der Waals surface area (Å²) in [5, 5.41) is 1.07. The van der Waals surface area contributed by atoms with Crippen LogP contribution >= 0.6 is 15.9 Å². The Morgan fingerprint density at radius 1 is 0.714 bits per heavy atom. The number of hydrogen-bond donors (Lipinski definition) is 0. The fourth-order valence-corrected chi connectivity index (χ4v) is 2.33. The molecule has 0 aliphatic rings. The van der Waals surface area contributed by atoms with Gasteiger partial charge < -0.3 is 9.47 Å². The van der Waals surface area contributed by atoms with Crippen molar-refractivity contribution in [1.82, 2.24) is 0 Å². The quantitative estimate of drug-likeness (QED) is 0.457. The molecule has 112 valence electrons. The highest BCUT2D eigenvalue weighted by molar-refractivity contribution is 9.09. The highest BCUT2D eigenvalue weighted by Crippen LogP contribution is 2.19. The lowest BCUT2D eigenvalue weighted by atomic mass is 10.2. The summed E-state index contributed by atoms with van der Waals surface area (Å²) in [6.07, 6.45) is 3.50. The minimum absolute atomic E-state index is 0.591. The van der Waals surface area contributed by atoms with E-state index in [1.54, 1.807) is 0 Å². The number of unbranched alkanes of at least 4 members (excludes halogenated alkanes) is 2. The maximum Gasteiger partial charge on any atom is 0.120 e. The van der Waals surface area contributed by atoms with Crippen molar-refractivity contribution < 1.29 is 9.47 Å².